The minimum absolute atomic E-state index is 0.0993. The lowest BCUT2D eigenvalue weighted by molar-refractivity contribution is -0.115. The molecule has 0 atom stereocenters. The first-order valence-electron chi connectivity index (χ1n) is 12.6. The summed E-state index contributed by atoms with van der Waals surface area (Å²) in [5.74, 6) is 1.23. The van der Waals surface area contributed by atoms with Gasteiger partial charge in [-0.1, -0.05) is 37.3 Å². The topological polar surface area (TPSA) is 124 Å². The highest BCUT2D eigenvalue weighted by molar-refractivity contribution is 5.96. The number of benzene rings is 2. The third kappa shape index (κ3) is 5.73. The number of aromatic nitrogens is 4. The van der Waals surface area contributed by atoms with E-state index < -0.39 is 0 Å². The van der Waals surface area contributed by atoms with Gasteiger partial charge in [0.25, 0.3) is 0 Å². The summed E-state index contributed by atoms with van der Waals surface area (Å²) in [4.78, 5) is 35.2. The van der Waals surface area contributed by atoms with Crippen molar-refractivity contribution in [3.05, 3.63) is 66.5 Å². The summed E-state index contributed by atoms with van der Waals surface area (Å²) in [5.41, 5.74) is 3.93. The fourth-order valence-electron chi connectivity index (χ4n) is 4.31. The van der Waals surface area contributed by atoms with Gasteiger partial charge in [0.15, 0.2) is 12.1 Å². The van der Waals surface area contributed by atoms with Crippen LogP contribution in [0.25, 0.3) is 17.1 Å². The molecule has 0 radical (unpaired) electrons. The van der Waals surface area contributed by atoms with Gasteiger partial charge in [0.2, 0.25) is 11.9 Å². The molecule has 0 saturated carbocycles. The standard InChI is InChI=1S/C28H29N7O4/c1-3-26(37)30-21-15-22(24(38-2)16-23(21)34-11-13-39-14-12-34)31-28-29-10-9-25(32-28)35-17-20(18-36)27(33-35)19-7-5-4-6-8-19/h4-10,15-18H,3,11-14H2,1-2H3,(H,30,37)(H,29,31,32). The first kappa shape index (κ1) is 25.9. The highest BCUT2D eigenvalue weighted by Gasteiger charge is 2.20. The number of ether oxygens (including phenoxy) is 2. The Labute approximate surface area is 225 Å². The molecule has 2 N–H and O–H groups in total. The van der Waals surface area contributed by atoms with Gasteiger partial charge >= 0.3 is 0 Å². The van der Waals surface area contributed by atoms with E-state index in [1.165, 1.54) is 0 Å². The molecular weight excluding hydrogens is 498 g/mol. The maximum absolute atomic E-state index is 12.3. The molecule has 1 aliphatic heterocycles. The zero-order valence-corrected chi connectivity index (χ0v) is 21.8. The van der Waals surface area contributed by atoms with Gasteiger partial charge in [-0.2, -0.15) is 10.1 Å². The van der Waals surface area contributed by atoms with Gasteiger partial charge in [-0.15, -0.1) is 0 Å². The van der Waals surface area contributed by atoms with Crippen molar-refractivity contribution in [2.75, 3.05) is 48.9 Å². The fraction of sp³-hybridized carbons (Fsp3) is 0.250. The second-order valence-corrected chi connectivity index (χ2v) is 8.80. The van der Waals surface area contributed by atoms with Crippen LogP contribution in [0.1, 0.15) is 23.7 Å². The molecule has 1 fully saturated rings. The van der Waals surface area contributed by atoms with Crippen molar-refractivity contribution < 1.29 is 19.1 Å². The third-order valence-corrected chi connectivity index (χ3v) is 6.30. The maximum Gasteiger partial charge on any atom is 0.229 e. The first-order chi connectivity index (χ1) is 19.1. The molecule has 200 valence electrons. The SMILES string of the molecule is CCC(=O)Nc1cc(Nc2nccc(-n3cc(C=O)c(-c4ccccc4)n3)n2)c(OC)cc1N1CCOCC1. The number of nitrogens with zero attached hydrogens (tertiary/aromatic N) is 5. The molecule has 5 rings (SSSR count). The molecule has 11 heteroatoms. The van der Waals surface area contributed by atoms with Crippen LogP contribution in [0.5, 0.6) is 5.75 Å². The minimum atomic E-state index is -0.0993. The zero-order valence-electron chi connectivity index (χ0n) is 21.8. The Morgan fingerprint density at radius 2 is 1.92 bits per heavy atom. The van der Waals surface area contributed by atoms with E-state index in [-0.39, 0.29) is 5.91 Å². The monoisotopic (exact) mass is 527 g/mol. The van der Waals surface area contributed by atoms with Crippen LogP contribution in [0.15, 0.2) is 60.9 Å². The zero-order chi connectivity index (χ0) is 27.2. The van der Waals surface area contributed by atoms with Gasteiger partial charge in [-0.3, -0.25) is 9.59 Å². The van der Waals surface area contributed by atoms with E-state index in [1.807, 2.05) is 42.5 Å². The highest BCUT2D eigenvalue weighted by Crippen LogP contribution is 2.38. The predicted molar refractivity (Wildman–Crippen MR) is 148 cm³/mol. The summed E-state index contributed by atoms with van der Waals surface area (Å²) in [6, 6.07) is 14.9. The number of morpholine rings is 1. The third-order valence-electron chi connectivity index (χ3n) is 6.30. The van der Waals surface area contributed by atoms with Crippen molar-refractivity contribution in [2.45, 2.75) is 13.3 Å². The van der Waals surface area contributed by atoms with Gasteiger partial charge in [0.1, 0.15) is 11.4 Å². The average Bonchev–Trinajstić information content (AvgIpc) is 3.43. The van der Waals surface area contributed by atoms with E-state index in [1.54, 1.807) is 37.2 Å². The van der Waals surface area contributed by atoms with Gasteiger partial charge < -0.3 is 25.0 Å². The number of hydrogen-bond acceptors (Lipinski definition) is 9. The summed E-state index contributed by atoms with van der Waals surface area (Å²) in [6.07, 6.45) is 4.36. The molecule has 4 aromatic rings. The predicted octanol–water partition coefficient (Wildman–Crippen LogP) is 4.08. The Hall–Kier alpha value is -4.77. The molecule has 2 aromatic carbocycles. The van der Waals surface area contributed by atoms with Crippen molar-refractivity contribution >= 4 is 35.2 Å². The summed E-state index contributed by atoms with van der Waals surface area (Å²) >= 11 is 0. The lowest BCUT2D eigenvalue weighted by Gasteiger charge is -2.31. The Balaban J connectivity index is 1.48. The molecule has 0 unspecified atom stereocenters. The van der Waals surface area contributed by atoms with Gasteiger partial charge in [0, 0.05) is 49.6 Å². The maximum atomic E-state index is 12.3. The van der Waals surface area contributed by atoms with Crippen molar-refractivity contribution in [2.24, 2.45) is 0 Å². The van der Waals surface area contributed by atoms with Crippen LogP contribution in [0.3, 0.4) is 0 Å². The lowest BCUT2D eigenvalue weighted by Crippen LogP contribution is -2.36. The number of nitrogens with one attached hydrogen (secondary N) is 2. The smallest absolute Gasteiger partial charge is 0.229 e. The van der Waals surface area contributed by atoms with Crippen molar-refractivity contribution in [3.8, 4) is 22.8 Å². The molecule has 2 aromatic heterocycles. The van der Waals surface area contributed by atoms with Gasteiger partial charge in [0.05, 0.1) is 42.9 Å². The van der Waals surface area contributed by atoms with Crippen LogP contribution in [-0.4, -0.2) is 65.4 Å². The summed E-state index contributed by atoms with van der Waals surface area (Å²) < 4.78 is 12.7. The molecule has 39 heavy (non-hydrogen) atoms. The largest absolute Gasteiger partial charge is 0.494 e. The van der Waals surface area contributed by atoms with Crippen LogP contribution in [0.2, 0.25) is 0 Å². The van der Waals surface area contributed by atoms with E-state index in [2.05, 4.69) is 30.6 Å². The van der Waals surface area contributed by atoms with Crippen LogP contribution >= 0.6 is 0 Å². The lowest BCUT2D eigenvalue weighted by atomic mass is 10.1. The van der Waals surface area contributed by atoms with Crippen molar-refractivity contribution in [1.29, 1.82) is 0 Å². The van der Waals surface area contributed by atoms with E-state index in [9.17, 15) is 9.59 Å². The normalized spacial score (nSPS) is 13.1. The number of methoxy groups -OCH3 is 1. The molecule has 3 heterocycles. The van der Waals surface area contributed by atoms with E-state index in [4.69, 9.17) is 9.47 Å². The summed E-state index contributed by atoms with van der Waals surface area (Å²) in [5, 5.41) is 10.8. The number of amides is 1. The number of hydrogen-bond donors (Lipinski definition) is 2. The van der Waals surface area contributed by atoms with E-state index >= 15 is 0 Å². The summed E-state index contributed by atoms with van der Waals surface area (Å²) in [7, 11) is 1.58. The Kier molecular flexibility index (Phi) is 7.78. The molecule has 0 aliphatic carbocycles. The van der Waals surface area contributed by atoms with Crippen LogP contribution in [-0.2, 0) is 9.53 Å². The number of anilines is 4. The number of carbonyl (C=O) groups excluding carboxylic acids is 2. The Morgan fingerprint density at radius 1 is 1.13 bits per heavy atom. The second-order valence-electron chi connectivity index (χ2n) is 8.80. The molecule has 0 bridgehead atoms. The van der Waals surface area contributed by atoms with Crippen LogP contribution in [0, 0.1) is 0 Å². The highest BCUT2D eigenvalue weighted by atomic mass is 16.5. The Bertz CT molecular complexity index is 1470. The van der Waals surface area contributed by atoms with Gasteiger partial charge in [-0.05, 0) is 6.07 Å². The van der Waals surface area contributed by atoms with Crippen LogP contribution < -0.4 is 20.3 Å². The molecule has 1 aliphatic rings. The molecule has 1 amide bonds. The van der Waals surface area contributed by atoms with Crippen LogP contribution in [0.4, 0.5) is 23.0 Å². The summed E-state index contributed by atoms with van der Waals surface area (Å²) in [6.45, 7) is 4.42. The van der Waals surface area contributed by atoms with Gasteiger partial charge in [-0.25, -0.2) is 9.67 Å². The average molecular weight is 528 g/mol. The minimum Gasteiger partial charge on any atom is -0.494 e. The molecule has 11 nitrogen and oxygen atoms in total. The molecule has 1 saturated heterocycles. The number of carbonyl (C=O) groups is 2. The first-order valence-corrected chi connectivity index (χ1v) is 12.6. The number of aldehydes is 1. The number of rotatable bonds is 9. The fourth-order valence-corrected chi connectivity index (χ4v) is 4.31. The quantitative estimate of drug-likeness (QED) is 0.310. The Morgan fingerprint density at radius 3 is 2.64 bits per heavy atom. The second kappa shape index (κ2) is 11.7. The molecular formula is C28H29N7O4. The van der Waals surface area contributed by atoms with Crippen molar-refractivity contribution in [3.63, 3.8) is 0 Å². The van der Waals surface area contributed by atoms with E-state index in [0.717, 1.165) is 17.5 Å². The molecule has 0 spiro atoms. The van der Waals surface area contributed by atoms with E-state index in [0.29, 0.717) is 72.9 Å². The van der Waals surface area contributed by atoms with Crippen molar-refractivity contribution in [1.82, 2.24) is 19.7 Å².